The lowest BCUT2D eigenvalue weighted by Gasteiger charge is -2.21. The van der Waals surface area contributed by atoms with Crippen molar-refractivity contribution in [1.82, 2.24) is 19.6 Å². The van der Waals surface area contributed by atoms with Crippen LogP contribution in [-0.2, 0) is 13.6 Å². The van der Waals surface area contributed by atoms with Gasteiger partial charge in [-0.15, -0.1) is 0 Å². The first-order valence-corrected chi connectivity index (χ1v) is 8.10. The maximum Gasteiger partial charge on any atom is 0.272 e. The molecule has 0 atom stereocenters. The van der Waals surface area contributed by atoms with Crippen molar-refractivity contribution in [2.45, 2.75) is 26.8 Å². The van der Waals surface area contributed by atoms with Crippen LogP contribution in [0.1, 0.15) is 34.1 Å². The maximum absolute atomic E-state index is 12.7. The fourth-order valence-electron chi connectivity index (χ4n) is 3.10. The predicted molar refractivity (Wildman–Crippen MR) is 87.2 cm³/mol. The predicted octanol–water partition coefficient (Wildman–Crippen LogP) is 1.98. The molecule has 23 heavy (non-hydrogen) atoms. The van der Waals surface area contributed by atoms with Gasteiger partial charge < -0.3 is 9.32 Å². The highest BCUT2D eigenvalue weighted by Gasteiger charge is 2.23. The van der Waals surface area contributed by atoms with Crippen molar-refractivity contribution in [3.05, 3.63) is 41.1 Å². The molecule has 6 heteroatoms. The summed E-state index contributed by atoms with van der Waals surface area (Å²) in [5.74, 6) is 2.01. The van der Waals surface area contributed by atoms with Crippen LogP contribution in [-0.4, -0.2) is 51.7 Å². The van der Waals surface area contributed by atoms with Crippen molar-refractivity contribution in [3.63, 3.8) is 0 Å². The number of amides is 1. The minimum absolute atomic E-state index is 0.0730. The number of hydrogen-bond donors (Lipinski definition) is 0. The van der Waals surface area contributed by atoms with Crippen LogP contribution >= 0.6 is 0 Å². The molecule has 1 saturated heterocycles. The first-order valence-electron chi connectivity index (χ1n) is 8.10. The zero-order valence-corrected chi connectivity index (χ0v) is 14.1. The van der Waals surface area contributed by atoms with E-state index in [1.165, 1.54) is 0 Å². The number of rotatable bonds is 3. The summed E-state index contributed by atoms with van der Waals surface area (Å²) in [7, 11) is 1.82. The summed E-state index contributed by atoms with van der Waals surface area (Å²) in [5, 5.41) is 4.27. The van der Waals surface area contributed by atoms with Gasteiger partial charge in [0.15, 0.2) is 0 Å². The third-order valence-electron chi connectivity index (χ3n) is 4.27. The quantitative estimate of drug-likeness (QED) is 0.869. The number of hydrogen-bond acceptors (Lipinski definition) is 4. The van der Waals surface area contributed by atoms with Gasteiger partial charge in [-0.05, 0) is 38.5 Å². The molecule has 124 valence electrons. The third kappa shape index (κ3) is 3.64. The average molecular weight is 316 g/mol. The molecule has 0 saturated carbocycles. The Morgan fingerprint density at radius 3 is 2.70 bits per heavy atom. The highest BCUT2D eigenvalue weighted by molar-refractivity contribution is 5.92. The van der Waals surface area contributed by atoms with Gasteiger partial charge in [-0.1, -0.05) is 0 Å². The van der Waals surface area contributed by atoms with E-state index in [4.69, 9.17) is 4.42 Å². The van der Waals surface area contributed by atoms with Crippen LogP contribution in [0.4, 0.5) is 0 Å². The molecule has 2 aromatic heterocycles. The molecule has 0 radical (unpaired) electrons. The van der Waals surface area contributed by atoms with Crippen molar-refractivity contribution < 1.29 is 9.21 Å². The minimum Gasteiger partial charge on any atom is -0.465 e. The zero-order chi connectivity index (χ0) is 16.4. The van der Waals surface area contributed by atoms with E-state index in [9.17, 15) is 4.79 Å². The highest BCUT2D eigenvalue weighted by Crippen LogP contribution is 2.14. The molecule has 3 rings (SSSR count). The molecular formula is C17H24N4O2. The summed E-state index contributed by atoms with van der Waals surface area (Å²) in [6.07, 6.45) is 0.974. The van der Waals surface area contributed by atoms with Crippen LogP contribution in [0, 0.1) is 13.8 Å². The summed E-state index contributed by atoms with van der Waals surface area (Å²) in [6.45, 7) is 8.05. The molecule has 1 amide bonds. The normalized spacial score (nSPS) is 16.6. The van der Waals surface area contributed by atoms with Crippen molar-refractivity contribution >= 4 is 5.91 Å². The Hall–Kier alpha value is -2.08. The molecule has 0 aliphatic carbocycles. The van der Waals surface area contributed by atoms with Gasteiger partial charge >= 0.3 is 0 Å². The molecule has 0 aromatic carbocycles. The summed E-state index contributed by atoms with van der Waals surface area (Å²) < 4.78 is 7.33. The van der Waals surface area contributed by atoms with E-state index in [1.807, 2.05) is 44.0 Å². The smallest absolute Gasteiger partial charge is 0.272 e. The van der Waals surface area contributed by atoms with Crippen LogP contribution in [0.5, 0.6) is 0 Å². The lowest BCUT2D eigenvalue weighted by molar-refractivity contribution is 0.0749. The minimum atomic E-state index is 0.0730. The molecule has 0 unspecified atom stereocenters. The Morgan fingerprint density at radius 2 is 2.04 bits per heavy atom. The topological polar surface area (TPSA) is 54.5 Å². The van der Waals surface area contributed by atoms with Crippen LogP contribution in [0.15, 0.2) is 22.6 Å². The van der Waals surface area contributed by atoms with Crippen molar-refractivity contribution in [3.8, 4) is 0 Å². The first kappa shape index (κ1) is 15.8. The molecule has 1 fully saturated rings. The van der Waals surface area contributed by atoms with E-state index in [2.05, 4.69) is 10.00 Å². The van der Waals surface area contributed by atoms with Crippen molar-refractivity contribution in [2.75, 3.05) is 26.2 Å². The maximum atomic E-state index is 12.7. The SMILES string of the molecule is Cc1cc(C(=O)N2CCCN(Cc3ccc(C)o3)CC2)n(C)n1. The van der Waals surface area contributed by atoms with Crippen LogP contribution < -0.4 is 0 Å². The summed E-state index contributed by atoms with van der Waals surface area (Å²) >= 11 is 0. The largest absolute Gasteiger partial charge is 0.465 e. The number of aromatic nitrogens is 2. The fourth-order valence-corrected chi connectivity index (χ4v) is 3.10. The van der Waals surface area contributed by atoms with E-state index >= 15 is 0 Å². The molecule has 3 heterocycles. The van der Waals surface area contributed by atoms with Gasteiger partial charge in [-0.25, -0.2) is 0 Å². The lowest BCUT2D eigenvalue weighted by Crippen LogP contribution is -2.36. The molecule has 6 nitrogen and oxygen atoms in total. The van der Waals surface area contributed by atoms with Crippen LogP contribution in [0.2, 0.25) is 0 Å². The van der Waals surface area contributed by atoms with Gasteiger partial charge in [0.05, 0.1) is 12.2 Å². The standard InChI is InChI=1S/C17H24N4O2/c1-13-11-16(19(3)18-13)17(22)21-8-4-7-20(9-10-21)12-15-6-5-14(2)23-15/h5-6,11H,4,7-10,12H2,1-3H3. The summed E-state index contributed by atoms with van der Waals surface area (Å²) in [5.41, 5.74) is 1.54. The summed E-state index contributed by atoms with van der Waals surface area (Å²) in [6, 6.07) is 5.88. The lowest BCUT2D eigenvalue weighted by atomic mass is 10.3. The van der Waals surface area contributed by atoms with Crippen molar-refractivity contribution in [2.24, 2.45) is 7.05 Å². The fraction of sp³-hybridized carbons (Fsp3) is 0.529. The molecule has 0 N–H and O–H groups in total. The number of carbonyl (C=O) groups excluding carboxylic acids is 1. The van der Waals surface area contributed by atoms with Gasteiger partial charge in [0.2, 0.25) is 0 Å². The van der Waals surface area contributed by atoms with Crippen LogP contribution in [0.25, 0.3) is 0 Å². The highest BCUT2D eigenvalue weighted by atomic mass is 16.3. The molecular weight excluding hydrogens is 292 g/mol. The second-order valence-electron chi connectivity index (χ2n) is 6.23. The van der Waals surface area contributed by atoms with E-state index in [-0.39, 0.29) is 5.91 Å². The monoisotopic (exact) mass is 316 g/mol. The van der Waals surface area contributed by atoms with Crippen LogP contribution in [0.3, 0.4) is 0 Å². The molecule has 2 aromatic rings. The van der Waals surface area contributed by atoms with Gasteiger partial charge in [-0.3, -0.25) is 14.4 Å². The van der Waals surface area contributed by atoms with Gasteiger partial charge in [0, 0.05) is 33.2 Å². The Balaban J connectivity index is 1.62. The average Bonchev–Trinajstić information content (AvgIpc) is 2.96. The number of carbonyl (C=O) groups is 1. The van der Waals surface area contributed by atoms with E-state index < -0.39 is 0 Å². The van der Waals surface area contributed by atoms with Gasteiger partial charge in [0.1, 0.15) is 17.2 Å². The number of aryl methyl sites for hydroxylation is 3. The van der Waals surface area contributed by atoms with E-state index in [0.717, 1.165) is 56.4 Å². The van der Waals surface area contributed by atoms with Crippen molar-refractivity contribution in [1.29, 1.82) is 0 Å². The second kappa shape index (κ2) is 6.58. The molecule has 1 aliphatic heterocycles. The first-order chi connectivity index (χ1) is 11.0. The van der Waals surface area contributed by atoms with E-state index in [0.29, 0.717) is 5.69 Å². The Morgan fingerprint density at radius 1 is 1.22 bits per heavy atom. The van der Waals surface area contributed by atoms with Gasteiger partial charge in [-0.2, -0.15) is 5.10 Å². The Kier molecular flexibility index (Phi) is 4.52. The molecule has 0 spiro atoms. The second-order valence-corrected chi connectivity index (χ2v) is 6.23. The third-order valence-corrected chi connectivity index (χ3v) is 4.27. The van der Waals surface area contributed by atoms with E-state index in [1.54, 1.807) is 4.68 Å². The number of furan rings is 1. The Labute approximate surface area is 136 Å². The van der Waals surface area contributed by atoms with Gasteiger partial charge in [0.25, 0.3) is 5.91 Å². The molecule has 0 bridgehead atoms. The summed E-state index contributed by atoms with van der Waals surface area (Å²) in [4.78, 5) is 17.0. The molecule has 1 aliphatic rings. The zero-order valence-electron chi connectivity index (χ0n) is 14.1. The Bertz CT molecular complexity index is 689. The number of nitrogens with zero attached hydrogens (tertiary/aromatic N) is 4.